The van der Waals surface area contributed by atoms with E-state index in [2.05, 4.69) is 13.8 Å². The molecule has 0 rings (SSSR count). The van der Waals surface area contributed by atoms with Crippen LogP contribution in [0.1, 0.15) is 46.0 Å². The average Bonchev–Trinajstić information content (AvgIpc) is 2.09. The highest BCUT2D eigenvalue weighted by Gasteiger charge is 1.99. The van der Waals surface area contributed by atoms with Crippen molar-refractivity contribution in [3.63, 3.8) is 0 Å². The van der Waals surface area contributed by atoms with Crippen molar-refractivity contribution in [1.82, 2.24) is 0 Å². The molecule has 2 heteroatoms. The zero-order valence-corrected chi connectivity index (χ0v) is 9.08. The predicted molar refractivity (Wildman–Crippen MR) is 56.8 cm³/mol. The number of thioether (sulfide) groups is 1. The maximum absolute atomic E-state index is 11.1. The lowest BCUT2D eigenvalue weighted by atomic mass is 10.1. The summed E-state index contributed by atoms with van der Waals surface area (Å²) in [7, 11) is 0. The summed E-state index contributed by atoms with van der Waals surface area (Å²) in [5, 5.41) is 0. The van der Waals surface area contributed by atoms with E-state index >= 15 is 0 Å². The van der Waals surface area contributed by atoms with Crippen molar-refractivity contribution < 1.29 is 4.79 Å². The second-order valence-corrected chi connectivity index (χ2v) is 4.26. The van der Waals surface area contributed by atoms with Crippen molar-refractivity contribution in [2.75, 3.05) is 11.5 Å². The maximum Gasteiger partial charge on any atom is 0.142 e. The van der Waals surface area contributed by atoms with Crippen LogP contribution >= 0.6 is 11.8 Å². The molecule has 0 bridgehead atoms. The molecule has 72 valence electrons. The molecule has 0 aromatic heterocycles. The Bertz CT molecular complexity index is 112. The van der Waals surface area contributed by atoms with Gasteiger partial charge in [0, 0.05) is 6.42 Å². The lowest BCUT2D eigenvalue weighted by Crippen LogP contribution is -2.01. The van der Waals surface area contributed by atoms with Crippen LogP contribution in [0.25, 0.3) is 0 Å². The molecule has 0 amide bonds. The fourth-order valence-electron chi connectivity index (χ4n) is 1.04. The smallest absolute Gasteiger partial charge is 0.142 e. The monoisotopic (exact) mass is 188 g/mol. The number of carbonyl (C=O) groups is 1. The molecule has 0 radical (unpaired) electrons. The Morgan fingerprint density at radius 2 is 1.92 bits per heavy atom. The highest BCUT2D eigenvalue weighted by Crippen LogP contribution is 2.06. The molecule has 0 heterocycles. The van der Waals surface area contributed by atoms with Gasteiger partial charge in [-0.3, -0.25) is 4.79 Å². The molecule has 0 aliphatic rings. The molecule has 0 unspecified atom stereocenters. The summed E-state index contributed by atoms with van der Waals surface area (Å²) in [6, 6.07) is 0. The topological polar surface area (TPSA) is 17.1 Å². The van der Waals surface area contributed by atoms with Crippen LogP contribution in [0.4, 0.5) is 0 Å². The minimum atomic E-state index is 0.429. The van der Waals surface area contributed by atoms with E-state index in [0.29, 0.717) is 5.78 Å². The van der Waals surface area contributed by atoms with E-state index in [4.69, 9.17) is 0 Å². The standard InChI is InChI=1S/C10H20OS/c1-3-5-6-7-8-10(11)9-12-4-2/h3-9H2,1-2H3. The fraction of sp³-hybridized carbons (Fsp3) is 0.900. The Labute approximate surface area is 80.3 Å². The van der Waals surface area contributed by atoms with Crippen LogP contribution in [0.15, 0.2) is 0 Å². The molecule has 0 atom stereocenters. The third-order valence-electron chi connectivity index (χ3n) is 1.78. The molecular formula is C10H20OS. The van der Waals surface area contributed by atoms with Crippen molar-refractivity contribution in [2.45, 2.75) is 46.0 Å². The number of ketones is 1. The van der Waals surface area contributed by atoms with Crippen LogP contribution in [0, 0.1) is 0 Å². The SMILES string of the molecule is CCCCCCC(=O)CSCC. The van der Waals surface area contributed by atoms with Gasteiger partial charge in [0.1, 0.15) is 5.78 Å². The molecular weight excluding hydrogens is 168 g/mol. The van der Waals surface area contributed by atoms with Crippen molar-refractivity contribution >= 4 is 17.5 Å². The lowest BCUT2D eigenvalue weighted by Gasteiger charge is -1.98. The first-order valence-electron chi connectivity index (χ1n) is 4.90. The molecule has 0 fully saturated rings. The normalized spacial score (nSPS) is 10.2. The van der Waals surface area contributed by atoms with Gasteiger partial charge in [0.15, 0.2) is 0 Å². The van der Waals surface area contributed by atoms with Crippen LogP contribution in [0.2, 0.25) is 0 Å². The van der Waals surface area contributed by atoms with Crippen LogP contribution in [-0.4, -0.2) is 17.3 Å². The molecule has 0 saturated carbocycles. The van der Waals surface area contributed by atoms with Gasteiger partial charge in [-0.1, -0.05) is 33.1 Å². The molecule has 0 aliphatic heterocycles. The average molecular weight is 188 g/mol. The fourth-order valence-corrected chi connectivity index (χ4v) is 1.61. The summed E-state index contributed by atoms with van der Waals surface area (Å²) in [6.45, 7) is 4.28. The van der Waals surface area contributed by atoms with E-state index in [9.17, 15) is 4.79 Å². The van der Waals surface area contributed by atoms with Crippen LogP contribution in [0.5, 0.6) is 0 Å². The second-order valence-electron chi connectivity index (χ2n) is 2.99. The van der Waals surface area contributed by atoms with E-state index in [0.717, 1.165) is 24.3 Å². The predicted octanol–water partition coefficient (Wildman–Crippen LogP) is 3.28. The first kappa shape index (κ1) is 12.0. The van der Waals surface area contributed by atoms with Crippen molar-refractivity contribution in [3.8, 4) is 0 Å². The summed E-state index contributed by atoms with van der Waals surface area (Å²) in [6.07, 6.45) is 5.63. The number of hydrogen-bond donors (Lipinski definition) is 0. The zero-order chi connectivity index (χ0) is 9.23. The van der Waals surface area contributed by atoms with Crippen molar-refractivity contribution in [2.24, 2.45) is 0 Å². The van der Waals surface area contributed by atoms with E-state index in [-0.39, 0.29) is 0 Å². The maximum atomic E-state index is 11.1. The Kier molecular flexibility index (Phi) is 9.13. The number of carbonyl (C=O) groups excluding carboxylic acids is 1. The van der Waals surface area contributed by atoms with Crippen molar-refractivity contribution in [1.29, 1.82) is 0 Å². The summed E-state index contributed by atoms with van der Waals surface area (Å²) < 4.78 is 0. The van der Waals surface area contributed by atoms with Gasteiger partial charge < -0.3 is 0 Å². The van der Waals surface area contributed by atoms with Gasteiger partial charge in [-0.2, -0.15) is 11.8 Å². The minimum absolute atomic E-state index is 0.429. The minimum Gasteiger partial charge on any atom is -0.299 e. The molecule has 12 heavy (non-hydrogen) atoms. The molecule has 0 aromatic rings. The van der Waals surface area contributed by atoms with E-state index in [1.54, 1.807) is 11.8 Å². The molecule has 0 N–H and O–H groups in total. The van der Waals surface area contributed by atoms with Gasteiger partial charge >= 0.3 is 0 Å². The molecule has 0 spiro atoms. The summed E-state index contributed by atoms with van der Waals surface area (Å²) in [5.41, 5.74) is 0. The molecule has 0 aliphatic carbocycles. The van der Waals surface area contributed by atoms with Gasteiger partial charge in [0.2, 0.25) is 0 Å². The summed E-state index contributed by atoms with van der Waals surface area (Å²) in [4.78, 5) is 11.1. The van der Waals surface area contributed by atoms with Crippen LogP contribution in [0.3, 0.4) is 0 Å². The van der Waals surface area contributed by atoms with Gasteiger partial charge in [-0.25, -0.2) is 0 Å². The second kappa shape index (κ2) is 9.11. The largest absolute Gasteiger partial charge is 0.299 e. The first-order valence-corrected chi connectivity index (χ1v) is 6.06. The highest BCUT2D eigenvalue weighted by atomic mass is 32.2. The lowest BCUT2D eigenvalue weighted by molar-refractivity contribution is -0.116. The Balaban J connectivity index is 3.08. The molecule has 0 aromatic carbocycles. The number of hydrogen-bond acceptors (Lipinski definition) is 2. The van der Waals surface area contributed by atoms with Crippen LogP contribution < -0.4 is 0 Å². The molecule has 1 nitrogen and oxygen atoms in total. The third-order valence-corrected chi connectivity index (χ3v) is 2.71. The highest BCUT2D eigenvalue weighted by molar-refractivity contribution is 7.99. The number of unbranched alkanes of at least 4 members (excludes halogenated alkanes) is 3. The Hall–Kier alpha value is 0.0200. The third kappa shape index (κ3) is 8.12. The van der Waals surface area contributed by atoms with Gasteiger partial charge in [-0.05, 0) is 12.2 Å². The van der Waals surface area contributed by atoms with E-state index in [1.807, 2.05) is 0 Å². The number of Topliss-reactive ketones (excluding diaryl/α,β-unsaturated/α-hetero) is 1. The first-order chi connectivity index (χ1) is 5.81. The van der Waals surface area contributed by atoms with Gasteiger partial charge in [0.25, 0.3) is 0 Å². The van der Waals surface area contributed by atoms with Crippen molar-refractivity contribution in [3.05, 3.63) is 0 Å². The molecule has 0 saturated heterocycles. The zero-order valence-electron chi connectivity index (χ0n) is 8.27. The van der Waals surface area contributed by atoms with E-state index in [1.165, 1.54) is 19.3 Å². The van der Waals surface area contributed by atoms with E-state index < -0.39 is 0 Å². The number of rotatable bonds is 8. The summed E-state index contributed by atoms with van der Waals surface area (Å²) in [5.74, 6) is 2.21. The van der Waals surface area contributed by atoms with Gasteiger partial charge in [0.05, 0.1) is 5.75 Å². The Morgan fingerprint density at radius 3 is 2.50 bits per heavy atom. The summed E-state index contributed by atoms with van der Waals surface area (Å²) >= 11 is 1.73. The Morgan fingerprint density at radius 1 is 1.17 bits per heavy atom. The quantitative estimate of drug-likeness (QED) is 0.544. The van der Waals surface area contributed by atoms with Gasteiger partial charge in [-0.15, -0.1) is 0 Å². The van der Waals surface area contributed by atoms with Crippen LogP contribution in [-0.2, 0) is 4.79 Å².